The normalized spacial score (nSPS) is 14.5. The van der Waals surface area contributed by atoms with E-state index in [1.54, 1.807) is 0 Å². The van der Waals surface area contributed by atoms with Crippen molar-refractivity contribution in [2.75, 3.05) is 6.54 Å². The largest absolute Gasteiger partial charge is 0.389 e. The Morgan fingerprint density at radius 1 is 1.31 bits per heavy atom. The monoisotopic (exact) mass is 187 g/mol. The average molecular weight is 187 g/mol. The van der Waals surface area contributed by atoms with Gasteiger partial charge in [-0.05, 0) is 26.7 Å². The summed E-state index contributed by atoms with van der Waals surface area (Å²) in [7, 11) is 0. The van der Waals surface area contributed by atoms with Crippen molar-refractivity contribution < 1.29 is 5.11 Å². The van der Waals surface area contributed by atoms with Crippen molar-refractivity contribution >= 4 is 0 Å². The van der Waals surface area contributed by atoms with Crippen molar-refractivity contribution in [3.05, 3.63) is 0 Å². The summed E-state index contributed by atoms with van der Waals surface area (Å²) in [4.78, 5) is 0. The van der Waals surface area contributed by atoms with E-state index in [-0.39, 0.29) is 0 Å². The van der Waals surface area contributed by atoms with Crippen molar-refractivity contribution in [2.45, 2.75) is 65.0 Å². The van der Waals surface area contributed by atoms with E-state index in [1.807, 2.05) is 13.8 Å². The first-order valence-electron chi connectivity index (χ1n) is 5.45. The number of hydrogen-bond donors (Lipinski definition) is 2. The van der Waals surface area contributed by atoms with Crippen LogP contribution in [0.4, 0.5) is 0 Å². The average Bonchev–Trinajstić information content (AvgIpc) is 2.03. The number of rotatable bonds is 7. The molecule has 2 nitrogen and oxygen atoms in total. The second-order valence-corrected chi connectivity index (χ2v) is 4.44. The van der Waals surface area contributed by atoms with Gasteiger partial charge in [0.2, 0.25) is 0 Å². The highest BCUT2D eigenvalue weighted by Gasteiger charge is 2.14. The third-order valence-electron chi connectivity index (χ3n) is 2.22. The van der Waals surface area contributed by atoms with Crippen LogP contribution in [0.25, 0.3) is 0 Å². The van der Waals surface area contributed by atoms with E-state index in [4.69, 9.17) is 0 Å². The molecule has 0 amide bonds. The fourth-order valence-electron chi connectivity index (χ4n) is 1.30. The number of hydrogen-bond acceptors (Lipinski definition) is 2. The smallest absolute Gasteiger partial charge is 0.0715 e. The summed E-state index contributed by atoms with van der Waals surface area (Å²) in [5.74, 6) is 0. The van der Waals surface area contributed by atoms with Crippen molar-refractivity contribution in [3.8, 4) is 0 Å². The molecule has 13 heavy (non-hydrogen) atoms. The van der Waals surface area contributed by atoms with Gasteiger partial charge in [-0.15, -0.1) is 0 Å². The molecule has 0 unspecified atom stereocenters. The molecular weight excluding hydrogens is 162 g/mol. The van der Waals surface area contributed by atoms with Crippen molar-refractivity contribution in [1.29, 1.82) is 0 Å². The van der Waals surface area contributed by atoms with Crippen LogP contribution in [-0.4, -0.2) is 23.3 Å². The van der Waals surface area contributed by atoms with E-state index < -0.39 is 5.60 Å². The molecule has 0 aromatic heterocycles. The molecule has 0 fully saturated rings. The molecule has 0 aliphatic rings. The molecule has 0 aromatic rings. The Hall–Kier alpha value is -0.0800. The predicted octanol–water partition coefficient (Wildman–Crippen LogP) is 2.32. The first-order chi connectivity index (χ1) is 5.99. The Morgan fingerprint density at radius 3 is 2.31 bits per heavy atom. The molecule has 0 aliphatic carbocycles. The van der Waals surface area contributed by atoms with Crippen molar-refractivity contribution in [1.82, 2.24) is 5.32 Å². The maximum atomic E-state index is 9.52. The molecule has 0 aromatic carbocycles. The summed E-state index contributed by atoms with van der Waals surface area (Å²) >= 11 is 0. The third-order valence-corrected chi connectivity index (χ3v) is 2.22. The molecule has 2 N–H and O–H groups in total. The molecule has 0 bridgehead atoms. The second-order valence-electron chi connectivity index (χ2n) is 4.44. The first kappa shape index (κ1) is 12.9. The molecule has 1 atom stereocenters. The minimum absolute atomic E-state index is 0.575. The van der Waals surface area contributed by atoms with E-state index in [0.717, 1.165) is 6.42 Å². The van der Waals surface area contributed by atoms with Crippen LogP contribution in [0.3, 0.4) is 0 Å². The summed E-state index contributed by atoms with van der Waals surface area (Å²) in [5, 5.41) is 12.9. The van der Waals surface area contributed by atoms with Gasteiger partial charge in [0.05, 0.1) is 5.60 Å². The SMILES string of the molecule is CCCC[C@@H](CC)NCC(C)(C)O. The zero-order chi connectivity index (χ0) is 10.3. The summed E-state index contributed by atoms with van der Waals surface area (Å²) in [5.41, 5.74) is -0.584. The Balaban J connectivity index is 3.59. The van der Waals surface area contributed by atoms with Gasteiger partial charge in [-0.1, -0.05) is 26.7 Å². The third kappa shape index (κ3) is 8.26. The highest BCUT2D eigenvalue weighted by atomic mass is 16.3. The Bertz CT molecular complexity index is 118. The summed E-state index contributed by atoms with van der Waals surface area (Å²) in [6.45, 7) is 8.77. The Labute approximate surface area is 82.7 Å². The molecule has 80 valence electrons. The van der Waals surface area contributed by atoms with Gasteiger partial charge in [0.15, 0.2) is 0 Å². The van der Waals surface area contributed by atoms with Crippen LogP contribution < -0.4 is 5.32 Å². The molecule has 0 saturated carbocycles. The number of nitrogens with one attached hydrogen (secondary N) is 1. The van der Waals surface area contributed by atoms with Gasteiger partial charge in [-0.2, -0.15) is 0 Å². The fourth-order valence-corrected chi connectivity index (χ4v) is 1.30. The zero-order valence-corrected chi connectivity index (χ0v) is 9.56. The highest BCUT2D eigenvalue weighted by Crippen LogP contribution is 2.06. The standard InChI is InChI=1S/C11H25NO/c1-5-7-8-10(6-2)12-9-11(3,4)13/h10,12-13H,5-9H2,1-4H3/t10-/m1/s1. The van der Waals surface area contributed by atoms with Crippen LogP contribution in [0.15, 0.2) is 0 Å². The zero-order valence-electron chi connectivity index (χ0n) is 9.56. The van der Waals surface area contributed by atoms with Crippen LogP contribution in [-0.2, 0) is 0 Å². The van der Waals surface area contributed by atoms with Crippen molar-refractivity contribution in [3.63, 3.8) is 0 Å². The van der Waals surface area contributed by atoms with Gasteiger partial charge in [0, 0.05) is 12.6 Å². The van der Waals surface area contributed by atoms with Crippen LogP contribution in [0.2, 0.25) is 0 Å². The van der Waals surface area contributed by atoms with Gasteiger partial charge in [-0.3, -0.25) is 0 Å². The topological polar surface area (TPSA) is 32.3 Å². The van der Waals surface area contributed by atoms with E-state index in [9.17, 15) is 5.11 Å². The molecule has 0 aliphatic heterocycles. The summed E-state index contributed by atoms with van der Waals surface area (Å²) in [6, 6.07) is 0.575. The Morgan fingerprint density at radius 2 is 1.92 bits per heavy atom. The molecule has 0 spiro atoms. The van der Waals surface area contributed by atoms with Crippen LogP contribution in [0.1, 0.15) is 53.4 Å². The molecule has 2 heteroatoms. The summed E-state index contributed by atoms with van der Waals surface area (Å²) in [6.07, 6.45) is 4.90. The molecule has 0 radical (unpaired) electrons. The number of unbranched alkanes of at least 4 members (excludes halogenated alkanes) is 1. The quantitative estimate of drug-likeness (QED) is 0.641. The second kappa shape index (κ2) is 6.39. The Kier molecular flexibility index (Phi) is 6.35. The van der Waals surface area contributed by atoms with Crippen LogP contribution in [0.5, 0.6) is 0 Å². The minimum atomic E-state index is -0.584. The lowest BCUT2D eigenvalue weighted by atomic mass is 10.1. The van der Waals surface area contributed by atoms with E-state index >= 15 is 0 Å². The van der Waals surface area contributed by atoms with Gasteiger partial charge >= 0.3 is 0 Å². The lowest BCUT2D eigenvalue weighted by molar-refractivity contribution is 0.0757. The van der Waals surface area contributed by atoms with Gasteiger partial charge in [0.25, 0.3) is 0 Å². The van der Waals surface area contributed by atoms with Crippen molar-refractivity contribution in [2.24, 2.45) is 0 Å². The molecule has 0 rings (SSSR count). The maximum Gasteiger partial charge on any atom is 0.0715 e. The first-order valence-corrected chi connectivity index (χ1v) is 5.45. The summed E-state index contributed by atoms with van der Waals surface area (Å²) < 4.78 is 0. The van der Waals surface area contributed by atoms with Gasteiger partial charge in [0.1, 0.15) is 0 Å². The highest BCUT2D eigenvalue weighted by molar-refractivity contribution is 4.73. The van der Waals surface area contributed by atoms with Crippen LogP contribution in [0, 0.1) is 0 Å². The number of aliphatic hydroxyl groups is 1. The van der Waals surface area contributed by atoms with E-state index in [1.165, 1.54) is 19.3 Å². The maximum absolute atomic E-state index is 9.52. The van der Waals surface area contributed by atoms with Gasteiger partial charge < -0.3 is 10.4 Å². The van der Waals surface area contributed by atoms with Crippen LogP contribution >= 0.6 is 0 Å². The minimum Gasteiger partial charge on any atom is -0.389 e. The van der Waals surface area contributed by atoms with E-state index in [2.05, 4.69) is 19.2 Å². The molecule has 0 saturated heterocycles. The van der Waals surface area contributed by atoms with Gasteiger partial charge in [-0.25, -0.2) is 0 Å². The lowest BCUT2D eigenvalue weighted by Gasteiger charge is -2.23. The fraction of sp³-hybridized carbons (Fsp3) is 1.00. The lowest BCUT2D eigenvalue weighted by Crippen LogP contribution is -2.40. The molecule has 0 heterocycles. The van der Waals surface area contributed by atoms with E-state index in [0.29, 0.717) is 12.6 Å². The molecular formula is C11H25NO. The predicted molar refractivity (Wildman–Crippen MR) is 57.9 cm³/mol.